The Kier molecular flexibility index (Phi) is 4.39. The van der Waals surface area contributed by atoms with Gasteiger partial charge in [0, 0.05) is 12.3 Å². The van der Waals surface area contributed by atoms with Gasteiger partial charge in [-0.1, -0.05) is 23.4 Å². The number of thioether (sulfide) groups is 1. The Hall–Kier alpha value is -1.60. The van der Waals surface area contributed by atoms with Crippen LogP contribution in [-0.2, 0) is 4.74 Å². The molecule has 19 heavy (non-hydrogen) atoms. The highest BCUT2D eigenvalue weighted by Crippen LogP contribution is 2.17. The fraction of sp³-hybridized carbons (Fsp3) is 0.273. The molecule has 2 heterocycles. The molecular formula is C11H11ClN4O2S. The van der Waals surface area contributed by atoms with Crippen molar-refractivity contribution in [3.8, 4) is 5.82 Å². The van der Waals surface area contributed by atoms with E-state index < -0.39 is 5.97 Å². The van der Waals surface area contributed by atoms with Crippen LogP contribution in [0.1, 0.15) is 17.3 Å². The normalized spacial score (nSPS) is 10.5. The molecule has 0 bridgehead atoms. The van der Waals surface area contributed by atoms with E-state index >= 15 is 0 Å². The van der Waals surface area contributed by atoms with Gasteiger partial charge in [-0.25, -0.2) is 19.4 Å². The maximum atomic E-state index is 11.5. The number of rotatable bonds is 4. The van der Waals surface area contributed by atoms with Gasteiger partial charge < -0.3 is 4.74 Å². The molecule has 2 aromatic rings. The lowest BCUT2D eigenvalue weighted by Crippen LogP contribution is -2.04. The first-order valence-electron chi connectivity index (χ1n) is 5.44. The maximum absolute atomic E-state index is 11.5. The minimum Gasteiger partial charge on any atom is -0.462 e. The monoisotopic (exact) mass is 298 g/mol. The maximum Gasteiger partial charge on any atom is 0.341 e. The summed E-state index contributed by atoms with van der Waals surface area (Å²) in [6, 6.07) is 1.57. The Balaban J connectivity index is 2.32. The van der Waals surface area contributed by atoms with Crippen molar-refractivity contribution in [2.24, 2.45) is 0 Å². The Bertz CT molecular complexity index is 602. The van der Waals surface area contributed by atoms with E-state index in [2.05, 4.69) is 15.1 Å². The van der Waals surface area contributed by atoms with Crippen LogP contribution in [0.15, 0.2) is 23.6 Å². The molecule has 0 fully saturated rings. The summed E-state index contributed by atoms with van der Waals surface area (Å²) in [6.07, 6.45) is 4.82. The topological polar surface area (TPSA) is 69.9 Å². The van der Waals surface area contributed by atoms with Crippen molar-refractivity contribution in [3.63, 3.8) is 0 Å². The minimum atomic E-state index is -0.418. The lowest BCUT2D eigenvalue weighted by atomic mass is 10.4. The molecule has 0 aliphatic heterocycles. The number of hydrogen-bond acceptors (Lipinski definition) is 6. The van der Waals surface area contributed by atoms with Gasteiger partial charge in [0.2, 0.25) is 0 Å². The molecule has 0 aliphatic rings. The van der Waals surface area contributed by atoms with Gasteiger partial charge in [-0.15, -0.1) is 0 Å². The molecule has 0 amide bonds. The van der Waals surface area contributed by atoms with Crippen LogP contribution in [-0.4, -0.2) is 38.6 Å². The van der Waals surface area contributed by atoms with E-state index in [1.54, 1.807) is 19.2 Å². The largest absolute Gasteiger partial charge is 0.462 e. The second-order valence-electron chi connectivity index (χ2n) is 3.43. The first kappa shape index (κ1) is 13.8. The van der Waals surface area contributed by atoms with Crippen LogP contribution >= 0.6 is 23.4 Å². The Morgan fingerprint density at radius 2 is 2.32 bits per heavy atom. The highest BCUT2D eigenvalue weighted by molar-refractivity contribution is 7.98. The Morgan fingerprint density at radius 1 is 1.53 bits per heavy atom. The molecule has 0 saturated carbocycles. The average Bonchev–Trinajstić information content (AvgIpc) is 2.88. The van der Waals surface area contributed by atoms with Crippen molar-refractivity contribution in [2.75, 3.05) is 12.9 Å². The quantitative estimate of drug-likeness (QED) is 0.373. The molecule has 8 heteroatoms. The van der Waals surface area contributed by atoms with E-state index in [0.29, 0.717) is 28.3 Å². The molecule has 0 saturated heterocycles. The molecule has 6 nitrogen and oxygen atoms in total. The van der Waals surface area contributed by atoms with Crippen LogP contribution < -0.4 is 0 Å². The van der Waals surface area contributed by atoms with Crippen molar-refractivity contribution in [1.29, 1.82) is 0 Å². The minimum absolute atomic E-state index is 0.319. The summed E-state index contributed by atoms with van der Waals surface area (Å²) in [4.78, 5) is 19.8. The van der Waals surface area contributed by atoms with E-state index in [9.17, 15) is 4.79 Å². The first-order valence-corrected chi connectivity index (χ1v) is 7.05. The van der Waals surface area contributed by atoms with Crippen LogP contribution in [0, 0.1) is 0 Å². The third kappa shape index (κ3) is 3.24. The lowest BCUT2D eigenvalue weighted by molar-refractivity contribution is 0.0526. The zero-order valence-electron chi connectivity index (χ0n) is 10.3. The SMILES string of the molecule is CCOC(=O)c1cnn(-c2cc(Cl)nc(SC)n2)c1. The first-order chi connectivity index (χ1) is 9.13. The van der Waals surface area contributed by atoms with Gasteiger partial charge in [0.05, 0.1) is 18.4 Å². The van der Waals surface area contributed by atoms with E-state index in [0.717, 1.165) is 0 Å². The highest BCUT2D eigenvalue weighted by atomic mass is 35.5. The number of carbonyl (C=O) groups is 1. The van der Waals surface area contributed by atoms with Gasteiger partial charge in [-0.3, -0.25) is 0 Å². The molecule has 100 valence electrons. The number of aromatic nitrogens is 4. The molecule has 0 aromatic carbocycles. The van der Waals surface area contributed by atoms with E-state index in [-0.39, 0.29) is 0 Å². The molecule has 0 spiro atoms. The van der Waals surface area contributed by atoms with Crippen molar-refractivity contribution >= 4 is 29.3 Å². The predicted molar refractivity (Wildman–Crippen MR) is 71.9 cm³/mol. The molecule has 2 aromatic heterocycles. The van der Waals surface area contributed by atoms with E-state index in [1.165, 1.54) is 22.6 Å². The van der Waals surface area contributed by atoms with E-state index in [4.69, 9.17) is 16.3 Å². The van der Waals surface area contributed by atoms with Gasteiger partial charge in [-0.2, -0.15) is 5.10 Å². The Labute approximate surface area is 119 Å². The summed E-state index contributed by atoms with van der Waals surface area (Å²) in [5.74, 6) is 0.0823. The number of ether oxygens (including phenoxy) is 1. The van der Waals surface area contributed by atoms with Crippen LogP contribution in [0.4, 0.5) is 0 Å². The highest BCUT2D eigenvalue weighted by Gasteiger charge is 2.12. The molecule has 0 unspecified atom stereocenters. The second kappa shape index (κ2) is 6.03. The van der Waals surface area contributed by atoms with Gasteiger partial charge in [0.15, 0.2) is 11.0 Å². The van der Waals surface area contributed by atoms with Gasteiger partial charge in [0.25, 0.3) is 0 Å². The van der Waals surface area contributed by atoms with Gasteiger partial charge in [-0.05, 0) is 13.2 Å². The molecule has 2 rings (SSSR count). The van der Waals surface area contributed by atoms with Crippen molar-refractivity contribution in [3.05, 3.63) is 29.2 Å². The van der Waals surface area contributed by atoms with E-state index in [1.807, 2.05) is 6.26 Å². The third-order valence-corrected chi connectivity index (χ3v) is 2.91. The molecule has 0 N–H and O–H groups in total. The second-order valence-corrected chi connectivity index (χ2v) is 4.59. The number of carbonyl (C=O) groups excluding carboxylic acids is 1. The third-order valence-electron chi connectivity index (χ3n) is 2.17. The summed E-state index contributed by atoms with van der Waals surface area (Å²) < 4.78 is 6.35. The van der Waals surface area contributed by atoms with Gasteiger partial charge >= 0.3 is 5.97 Å². The molecule has 0 atom stereocenters. The number of nitrogens with zero attached hydrogens (tertiary/aromatic N) is 4. The van der Waals surface area contributed by atoms with Crippen molar-refractivity contribution < 1.29 is 9.53 Å². The smallest absolute Gasteiger partial charge is 0.341 e. The number of halogens is 1. The summed E-state index contributed by atoms with van der Waals surface area (Å²) in [5, 5.41) is 4.92. The fourth-order valence-electron chi connectivity index (χ4n) is 1.36. The summed E-state index contributed by atoms with van der Waals surface area (Å²) in [7, 11) is 0. The van der Waals surface area contributed by atoms with Crippen LogP contribution in [0.3, 0.4) is 0 Å². The van der Waals surface area contributed by atoms with Gasteiger partial charge in [0.1, 0.15) is 5.15 Å². The van der Waals surface area contributed by atoms with Crippen molar-refractivity contribution in [1.82, 2.24) is 19.7 Å². The standard InChI is InChI=1S/C11H11ClN4O2S/c1-3-18-10(17)7-5-13-16(6-7)9-4-8(12)14-11(15-9)19-2/h4-6H,3H2,1-2H3. The predicted octanol–water partition coefficient (Wildman–Crippen LogP) is 2.21. The molecular weight excluding hydrogens is 288 g/mol. The fourth-order valence-corrected chi connectivity index (χ4v) is 1.96. The number of hydrogen-bond donors (Lipinski definition) is 0. The summed E-state index contributed by atoms with van der Waals surface area (Å²) in [6.45, 7) is 2.07. The summed E-state index contributed by atoms with van der Waals surface area (Å²) >= 11 is 7.27. The van der Waals surface area contributed by atoms with Crippen molar-refractivity contribution in [2.45, 2.75) is 12.1 Å². The van der Waals surface area contributed by atoms with Crippen LogP contribution in [0.25, 0.3) is 5.82 Å². The molecule has 0 aliphatic carbocycles. The average molecular weight is 299 g/mol. The number of esters is 1. The Morgan fingerprint density at radius 3 is 3.00 bits per heavy atom. The zero-order valence-corrected chi connectivity index (χ0v) is 11.9. The van der Waals surface area contributed by atoms with Crippen LogP contribution in [0.2, 0.25) is 5.15 Å². The lowest BCUT2D eigenvalue weighted by Gasteiger charge is -2.02. The zero-order chi connectivity index (χ0) is 13.8. The van der Waals surface area contributed by atoms with Crippen LogP contribution in [0.5, 0.6) is 0 Å². The summed E-state index contributed by atoms with van der Waals surface area (Å²) in [5.41, 5.74) is 0.363. The molecule has 0 radical (unpaired) electrons.